The summed E-state index contributed by atoms with van der Waals surface area (Å²) in [7, 11) is 0. The summed E-state index contributed by atoms with van der Waals surface area (Å²) in [6.07, 6.45) is 0.147. The van der Waals surface area contributed by atoms with Crippen molar-refractivity contribution in [3.8, 4) is 5.95 Å². The summed E-state index contributed by atoms with van der Waals surface area (Å²) in [5, 5.41) is 13.1. The van der Waals surface area contributed by atoms with Gasteiger partial charge in [0.15, 0.2) is 0 Å². The zero-order valence-electron chi connectivity index (χ0n) is 21.0. The molecular weight excluding hydrogens is 454 g/mol. The third kappa shape index (κ3) is 5.75. The highest BCUT2D eigenvalue weighted by Crippen LogP contribution is 2.22. The van der Waals surface area contributed by atoms with Crippen molar-refractivity contribution in [3.63, 3.8) is 0 Å². The lowest BCUT2D eigenvalue weighted by Crippen LogP contribution is -2.20. The van der Waals surface area contributed by atoms with Crippen LogP contribution in [-0.4, -0.2) is 31.7 Å². The Hall–Kier alpha value is -4.53. The van der Waals surface area contributed by atoms with Crippen LogP contribution in [0.5, 0.6) is 0 Å². The average molecular weight is 484 g/mol. The van der Waals surface area contributed by atoms with Gasteiger partial charge in [0, 0.05) is 39.7 Å². The summed E-state index contributed by atoms with van der Waals surface area (Å²) < 4.78 is 1.68. The molecule has 2 aromatic carbocycles. The van der Waals surface area contributed by atoms with Crippen molar-refractivity contribution >= 4 is 29.0 Å². The fourth-order valence-corrected chi connectivity index (χ4v) is 3.93. The highest BCUT2D eigenvalue weighted by molar-refractivity contribution is 6.00. The van der Waals surface area contributed by atoms with Crippen LogP contribution in [0, 0.1) is 34.6 Å². The smallest absolute Gasteiger partial charge is 0.323 e. The number of rotatable bonds is 6. The number of nitrogens with zero attached hydrogens (tertiary/aromatic N) is 4. The molecule has 184 valence electrons. The minimum atomic E-state index is -0.366. The van der Waals surface area contributed by atoms with E-state index >= 15 is 0 Å². The van der Waals surface area contributed by atoms with Gasteiger partial charge in [-0.15, -0.1) is 0 Å². The second kappa shape index (κ2) is 10.4. The van der Waals surface area contributed by atoms with Crippen molar-refractivity contribution < 1.29 is 9.59 Å². The Labute approximate surface area is 210 Å². The van der Waals surface area contributed by atoms with E-state index in [2.05, 4.69) is 31.0 Å². The molecule has 0 spiro atoms. The van der Waals surface area contributed by atoms with Gasteiger partial charge in [0.1, 0.15) is 0 Å². The van der Waals surface area contributed by atoms with Gasteiger partial charge in [0.25, 0.3) is 5.95 Å². The van der Waals surface area contributed by atoms with Crippen LogP contribution in [0.3, 0.4) is 0 Å². The minimum Gasteiger partial charge on any atom is -0.325 e. The lowest BCUT2D eigenvalue weighted by Gasteiger charge is -2.12. The molecule has 3 amide bonds. The zero-order valence-corrected chi connectivity index (χ0v) is 21.0. The summed E-state index contributed by atoms with van der Waals surface area (Å²) in [4.78, 5) is 34.3. The molecule has 0 unspecified atom stereocenters. The monoisotopic (exact) mass is 483 g/mol. The van der Waals surface area contributed by atoms with E-state index in [0.717, 1.165) is 33.9 Å². The molecule has 0 aliphatic carbocycles. The van der Waals surface area contributed by atoms with Gasteiger partial charge in [-0.1, -0.05) is 24.3 Å². The maximum absolute atomic E-state index is 13.0. The number of aromatic nitrogens is 4. The quantitative estimate of drug-likeness (QED) is 0.356. The lowest BCUT2D eigenvalue weighted by molar-refractivity contribution is -0.115. The normalized spacial score (nSPS) is 10.7. The number of carbonyl (C=O) groups is 2. The SMILES string of the molecule is Cc1cc(C)nc(-n2nc(C)c(CC(=O)Nc3cc(NC(=O)Nc4ccccc4)ccc3C)c2C)n1. The molecule has 4 aromatic rings. The number of benzene rings is 2. The fraction of sp³-hybridized carbons (Fsp3) is 0.222. The minimum absolute atomic E-state index is 0.147. The maximum atomic E-state index is 13.0. The summed E-state index contributed by atoms with van der Waals surface area (Å²) in [6, 6.07) is 16.1. The van der Waals surface area contributed by atoms with Crippen LogP contribution in [0.15, 0.2) is 54.6 Å². The molecule has 0 radical (unpaired) electrons. The molecule has 4 rings (SSSR count). The molecule has 2 heterocycles. The maximum Gasteiger partial charge on any atom is 0.323 e. The molecule has 9 nitrogen and oxygen atoms in total. The van der Waals surface area contributed by atoms with Gasteiger partial charge in [-0.2, -0.15) is 5.10 Å². The number of urea groups is 1. The first-order valence-corrected chi connectivity index (χ1v) is 11.6. The van der Waals surface area contributed by atoms with Crippen LogP contribution in [0.4, 0.5) is 21.9 Å². The van der Waals surface area contributed by atoms with Crippen molar-refractivity contribution in [2.75, 3.05) is 16.0 Å². The van der Waals surface area contributed by atoms with E-state index < -0.39 is 0 Å². The van der Waals surface area contributed by atoms with Crippen molar-refractivity contribution in [1.82, 2.24) is 19.7 Å². The first kappa shape index (κ1) is 24.6. The van der Waals surface area contributed by atoms with E-state index in [-0.39, 0.29) is 18.4 Å². The van der Waals surface area contributed by atoms with Crippen molar-refractivity contribution in [2.45, 2.75) is 41.0 Å². The number of aryl methyl sites for hydroxylation is 4. The van der Waals surface area contributed by atoms with Gasteiger partial charge < -0.3 is 16.0 Å². The highest BCUT2D eigenvalue weighted by atomic mass is 16.2. The van der Waals surface area contributed by atoms with Crippen LogP contribution >= 0.6 is 0 Å². The zero-order chi connectivity index (χ0) is 25.8. The molecule has 0 atom stereocenters. The Morgan fingerprint density at radius 2 is 1.47 bits per heavy atom. The van der Waals surface area contributed by atoms with E-state index in [1.54, 1.807) is 28.9 Å². The average Bonchev–Trinajstić information content (AvgIpc) is 3.09. The highest BCUT2D eigenvalue weighted by Gasteiger charge is 2.18. The van der Waals surface area contributed by atoms with E-state index in [9.17, 15) is 9.59 Å². The standard InChI is InChI=1S/C27H29N7O2/c1-16-11-12-22(31-27(36)30-21-9-7-6-8-10-21)14-24(16)32-25(35)15-23-19(4)33-34(20(23)5)26-28-17(2)13-18(3)29-26/h6-14H,15H2,1-5H3,(H,32,35)(H2,30,31,36). The summed E-state index contributed by atoms with van der Waals surface area (Å²) in [5.41, 5.74) is 6.85. The second-order valence-electron chi connectivity index (χ2n) is 8.71. The number of hydrogen-bond acceptors (Lipinski definition) is 5. The van der Waals surface area contributed by atoms with Crippen LogP contribution < -0.4 is 16.0 Å². The van der Waals surface area contributed by atoms with Crippen LogP contribution in [-0.2, 0) is 11.2 Å². The van der Waals surface area contributed by atoms with E-state index in [0.29, 0.717) is 23.0 Å². The molecule has 0 aliphatic rings. The van der Waals surface area contributed by atoms with Gasteiger partial charge in [0.05, 0.1) is 12.1 Å². The van der Waals surface area contributed by atoms with Crippen LogP contribution in [0.1, 0.15) is 33.9 Å². The molecule has 0 saturated carbocycles. The number of anilines is 3. The van der Waals surface area contributed by atoms with Crippen LogP contribution in [0.25, 0.3) is 5.95 Å². The lowest BCUT2D eigenvalue weighted by atomic mass is 10.1. The number of hydrogen-bond donors (Lipinski definition) is 3. The third-order valence-corrected chi connectivity index (χ3v) is 5.74. The number of para-hydroxylation sites is 1. The van der Waals surface area contributed by atoms with Crippen LogP contribution in [0.2, 0.25) is 0 Å². The van der Waals surface area contributed by atoms with Crippen molar-refractivity contribution in [1.29, 1.82) is 0 Å². The first-order chi connectivity index (χ1) is 17.2. The topological polar surface area (TPSA) is 114 Å². The Morgan fingerprint density at radius 1 is 0.806 bits per heavy atom. The Kier molecular flexibility index (Phi) is 7.10. The summed E-state index contributed by atoms with van der Waals surface area (Å²) in [6.45, 7) is 9.50. The van der Waals surface area contributed by atoms with Gasteiger partial charge in [-0.25, -0.2) is 19.4 Å². The van der Waals surface area contributed by atoms with E-state index in [1.807, 2.05) is 65.0 Å². The van der Waals surface area contributed by atoms with Crippen molar-refractivity contribution in [3.05, 3.63) is 88.5 Å². The molecular formula is C27H29N7O2. The molecule has 36 heavy (non-hydrogen) atoms. The molecule has 0 saturated heterocycles. The van der Waals surface area contributed by atoms with E-state index in [1.165, 1.54) is 0 Å². The summed E-state index contributed by atoms with van der Waals surface area (Å²) >= 11 is 0. The largest absolute Gasteiger partial charge is 0.325 e. The molecule has 2 aromatic heterocycles. The predicted molar refractivity (Wildman–Crippen MR) is 141 cm³/mol. The van der Waals surface area contributed by atoms with Crippen molar-refractivity contribution in [2.24, 2.45) is 0 Å². The molecule has 3 N–H and O–H groups in total. The van der Waals surface area contributed by atoms with Gasteiger partial charge in [-0.05, 0) is 70.5 Å². The number of carbonyl (C=O) groups excluding carboxylic acids is 2. The van der Waals surface area contributed by atoms with Gasteiger partial charge >= 0.3 is 6.03 Å². The fourth-order valence-electron chi connectivity index (χ4n) is 3.93. The first-order valence-electron chi connectivity index (χ1n) is 11.6. The Bertz CT molecular complexity index is 1410. The predicted octanol–water partition coefficient (Wildman–Crippen LogP) is 5.03. The second-order valence-corrected chi connectivity index (χ2v) is 8.71. The Balaban J connectivity index is 1.46. The Morgan fingerprint density at radius 3 is 2.17 bits per heavy atom. The summed E-state index contributed by atoms with van der Waals surface area (Å²) in [5.74, 6) is 0.305. The number of nitrogens with one attached hydrogen (secondary N) is 3. The van der Waals surface area contributed by atoms with E-state index in [4.69, 9.17) is 0 Å². The molecule has 0 fully saturated rings. The third-order valence-electron chi connectivity index (χ3n) is 5.74. The van der Waals surface area contributed by atoms with Gasteiger partial charge in [-0.3, -0.25) is 4.79 Å². The molecule has 0 aliphatic heterocycles. The number of amides is 3. The molecule has 0 bridgehead atoms. The molecule has 9 heteroatoms. The van der Waals surface area contributed by atoms with Gasteiger partial charge in [0.2, 0.25) is 5.91 Å².